The minimum Gasteiger partial charge on any atom is -0.337 e. The molecule has 98 valence electrons. The van der Waals surface area contributed by atoms with Crippen LogP contribution in [0.5, 0.6) is 0 Å². The van der Waals surface area contributed by atoms with Gasteiger partial charge in [-0.3, -0.25) is 4.79 Å². The molecular weight excluding hydrogens is 273 g/mol. The number of carbonyl (C=O) groups excluding carboxylic acids is 1. The Labute approximate surface area is 116 Å². The summed E-state index contributed by atoms with van der Waals surface area (Å²) in [6, 6.07) is 1.54. The Morgan fingerprint density at radius 2 is 2.11 bits per heavy atom. The number of hydrogen-bond acceptors (Lipinski definition) is 3. The molecule has 1 aliphatic heterocycles. The van der Waals surface area contributed by atoms with Crippen LogP contribution in [0.3, 0.4) is 0 Å². The second-order valence-electron chi connectivity index (χ2n) is 4.46. The van der Waals surface area contributed by atoms with E-state index in [1.807, 2.05) is 0 Å². The number of nitrogens with two attached hydrogens (primary N) is 1. The molecule has 0 aromatic carbocycles. The summed E-state index contributed by atoms with van der Waals surface area (Å²) in [6.45, 7) is 2.10. The highest BCUT2D eigenvalue weighted by Crippen LogP contribution is 2.22. The van der Waals surface area contributed by atoms with Gasteiger partial charge in [-0.1, -0.05) is 23.2 Å². The molecule has 6 heteroatoms. The van der Waals surface area contributed by atoms with Crippen molar-refractivity contribution in [2.45, 2.75) is 12.8 Å². The van der Waals surface area contributed by atoms with Crippen molar-refractivity contribution in [1.29, 1.82) is 0 Å². The third-order valence-electron chi connectivity index (χ3n) is 3.25. The topological polar surface area (TPSA) is 59.2 Å². The van der Waals surface area contributed by atoms with E-state index in [-0.39, 0.29) is 11.6 Å². The SMILES string of the molecule is NCC1CCN(C(=O)c2ncc(Cl)cc2Cl)CC1. The lowest BCUT2D eigenvalue weighted by Gasteiger charge is -2.31. The molecule has 2 heterocycles. The van der Waals surface area contributed by atoms with Crippen LogP contribution < -0.4 is 5.73 Å². The summed E-state index contributed by atoms with van der Waals surface area (Å²) in [6.07, 6.45) is 3.31. The Balaban J connectivity index is 2.08. The van der Waals surface area contributed by atoms with Gasteiger partial charge in [0.25, 0.3) is 5.91 Å². The molecule has 1 aromatic rings. The van der Waals surface area contributed by atoms with Gasteiger partial charge in [-0.05, 0) is 31.4 Å². The Morgan fingerprint density at radius 1 is 1.44 bits per heavy atom. The third kappa shape index (κ3) is 2.94. The third-order valence-corrected chi connectivity index (χ3v) is 3.74. The van der Waals surface area contributed by atoms with Crippen LogP contribution in [-0.4, -0.2) is 35.4 Å². The van der Waals surface area contributed by atoms with E-state index < -0.39 is 0 Å². The summed E-state index contributed by atoms with van der Waals surface area (Å²) in [7, 11) is 0. The first kappa shape index (κ1) is 13.6. The first-order valence-corrected chi connectivity index (χ1v) is 6.67. The minimum atomic E-state index is -0.132. The van der Waals surface area contributed by atoms with Crippen LogP contribution >= 0.6 is 23.2 Å². The summed E-state index contributed by atoms with van der Waals surface area (Å²) < 4.78 is 0. The molecule has 0 saturated carbocycles. The molecule has 1 aliphatic rings. The molecule has 0 spiro atoms. The second-order valence-corrected chi connectivity index (χ2v) is 5.30. The Hall–Kier alpha value is -0.840. The van der Waals surface area contributed by atoms with Gasteiger partial charge < -0.3 is 10.6 Å². The Bertz CT molecular complexity index is 445. The molecule has 0 bridgehead atoms. The molecule has 0 unspecified atom stereocenters. The summed E-state index contributed by atoms with van der Waals surface area (Å²) >= 11 is 11.7. The van der Waals surface area contributed by atoms with Gasteiger partial charge in [0.15, 0.2) is 0 Å². The van der Waals surface area contributed by atoms with Crippen molar-refractivity contribution in [1.82, 2.24) is 9.88 Å². The molecule has 1 aromatic heterocycles. The maximum atomic E-state index is 12.2. The molecule has 1 saturated heterocycles. The molecule has 1 fully saturated rings. The molecule has 18 heavy (non-hydrogen) atoms. The summed E-state index contributed by atoms with van der Waals surface area (Å²) in [5.74, 6) is 0.384. The lowest BCUT2D eigenvalue weighted by molar-refractivity contribution is 0.0687. The molecule has 0 aliphatic carbocycles. The van der Waals surface area contributed by atoms with Gasteiger partial charge in [0.1, 0.15) is 5.69 Å². The average Bonchev–Trinajstić information content (AvgIpc) is 2.38. The number of halogens is 2. The second kappa shape index (κ2) is 5.87. The van der Waals surface area contributed by atoms with E-state index in [1.165, 1.54) is 12.3 Å². The Morgan fingerprint density at radius 3 is 2.67 bits per heavy atom. The number of carbonyl (C=O) groups is 1. The molecular formula is C12H15Cl2N3O. The van der Waals surface area contributed by atoms with Gasteiger partial charge in [0.2, 0.25) is 0 Å². The predicted octanol–water partition coefficient (Wildman–Crippen LogP) is 2.20. The number of amides is 1. The highest BCUT2D eigenvalue weighted by molar-refractivity contribution is 6.36. The van der Waals surface area contributed by atoms with E-state index in [1.54, 1.807) is 4.90 Å². The van der Waals surface area contributed by atoms with Crippen LogP contribution in [0.4, 0.5) is 0 Å². The molecule has 2 rings (SSSR count). The maximum absolute atomic E-state index is 12.2. The number of piperidine rings is 1. The minimum absolute atomic E-state index is 0.132. The largest absolute Gasteiger partial charge is 0.337 e. The lowest BCUT2D eigenvalue weighted by atomic mass is 9.97. The van der Waals surface area contributed by atoms with E-state index in [0.717, 1.165) is 12.8 Å². The summed E-state index contributed by atoms with van der Waals surface area (Å²) in [4.78, 5) is 18.0. The van der Waals surface area contributed by atoms with E-state index in [9.17, 15) is 4.79 Å². The number of hydrogen-bond donors (Lipinski definition) is 1. The number of nitrogens with zero attached hydrogens (tertiary/aromatic N) is 2. The van der Waals surface area contributed by atoms with Gasteiger partial charge in [-0.15, -0.1) is 0 Å². The highest BCUT2D eigenvalue weighted by Gasteiger charge is 2.25. The number of rotatable bonds is 2. The van der Waals surface area contributed by atoms with E-state index in [4.69, 9.17) is 28.9 Å². The van der Waals surface area contributed by atoms with Crippen molar-refractivity contribution in [3.8, 4) is 0 Å². The van der Waals surface area contributed by atoms with Crippen molar-refractivity contribution >= 4 is 29.1 Å². The fourth-order valence-electron chi connectivity index (χ4n) is 2.09. The van der Waals surface area contributed by atoms with Gasteiger partial charge in [-0.2, -0.15) is 0 Å². The Kier molecular flexibility index (Phi) is 4.43. The number of pyridine rings is 1. The number of aromatic nitrogens is 1. The van der Waals surface area contributed by atoms with Crippen LogP contribution in [0.15, 0.2) is 12.3 Å². The van der Waals surface area contributed by atoms with E-state index in [2.05, 4.69) is 4.98 Å². The van der Waals surface area contributed by atoms with Gasteiger partial charge in [0.05, 0.1) is 10.0 Å². The normalized spacial score (nSPS) is 16.9. The summed E-state index contributed by atoms with van der Waals surface area (Å²) in [5.41, 5.74) is 5.90. The lowest BCUT2D eigenvalue weighted by Crippen LogP contribution is -2.40. The van der Waals surface area contributed by atoms with Crippen molar-refractivity contribution in [2.75, 3.05) is 19.6 Å². The van der Waals surface area contributed by atoms with Gasteiger partial charge in [-0.25, -0.2) is 4.98 Å². The van der Waals surface area contributed by atoms with Crippen molar-refractivity contribution in [3.05, 3.63) is 28.0 Å². The fraction of sp³-hybridized carbons (Fsp3) is 0.500. The van der Waals surface area contributed by atoms with Crippen molar-refractivity contribution in [2.24, 2.45) is 11.7 Å². The number of likely N-dealkylation sites (tertiary alicyclic amines) is 1. The van der Waals surface area contributed by atoms with Crippen LogP contribution in [0.1, 0.15) is 23.3 Å². The highest BCUT2D eigenvalue weighted by atomic mass is 35.5. The van der Waals surface area contributed by atoms with Crippen LogP contribution in [-0.2, 0) is 0 Å². The van der Waals surface area contributed by atoms with E-state index in [0.29, 0.717) is 35.6 Å². The zero-order valence-electron chi connectivity index (χ0n) is 9.90. The zero-order valence-corrected chi connectivity index (χ0v) is 11.4. The molecule has 0 atom stereocenters. The average molecular weight is 288 g/mol. The molecule has 2 N–H and O–H groups in total. The molecule has 1 amide bonds. The van der Waals surface area contributed by atoms with Gasteiger partial charge >= 0.3 is 0 Å². The van der Waals surface area contributed by atoms with Crippen LogP contribution in [0, 0.1) is 5.92 Å². The first-order valence-electron chi connectivity index (χ1n) is 5.92. The first-order chi connectivity index (χ1) is 8.61. The quantitative estimate of drug-likeness (QED) is 0.907. The van der Waals surface area contributed by atoms with Crippen molar-refractivity contribution in [3.63, 3.8) is 0 Å². The van der Waals surface area contributed by atoms with Crippen LogP contribution in [0.25, 0.3) is 0 Å². The standard InChI is InChI=1S/C12H15Cl2N3O/c13-9-5-10(14)11(16-7-9)12(18)17-3-1-8(6-15)2-4-17/h5,7-8H,1-4,6,15H2. The zero-order chi connectivity index (χ0) is 13.1. The molecule has 0 radical (unpaired) electrons. The molecule has 4 nitrogen and oxygen atoms in total. The monoisotopic (exact) mass is 287 g/mol. The smallest absolute Gasteiger partial charge is 0.273 e. The van der Waals surface area contributed by atoms with Gasteiger partial charge in [0, 0.05) is 19.3 Å². The maximum Gasteiger partial charge on any atom is 0.273 e. The predicted molar refractivity (Wildman–Crippen MR) is 71.9 cm³/mol. The fourth-order valence-corrected chi connectivity index (χ4v) is 2.55. The summed E-state index contributed by atoms with van der Waals surface area (Å²) in [5, 5.41) is 0.729. The van der Waals surface area contributed by atoms with Crippen molar-refractivity contribution < 1.29 is 4.79 Å². The van der Waals surface area contributed by atoms with E-state index >= 15 is 0 Å². The van der Waals surface area contributed by atoms with Crippen LogP contribution in [0.2, 0.25) is 10.0 Å².